The minimum absolute atomic E-state index is 0.138. The lowest BCUT2D eigenvalue weighted by molar-refractivity contribution is -0.115. The van der Waals surface area contributed by atoms with Crippen LogP contribution in [0.2, 0.25) is 0 Å². The molecule has 0 aromatic carbocycles. The Balaban J connectivity index is 1.28. The Morgan fingerprint density at radius 2 is 2.21 bits per heavy atom. The molecule has 3 heterocycles. The van der Waals surface area contributed by atoms with E-state index in [-0.39, 0.29) is 18.4 Å². The highest BCUT2D eigenvalue weighted by molar-refractivity contribution is 5.91. The van der Waals surface area contributed by atoms with E-state index in [0.29, 0.717) is 24.2 Å². The molecule has 2 aliphatic rings. The van der Waals surface area contributed by atoms with Crippen LogP contribution in [0.4, 0.5) is 10.6 Å². The minimum atomic E-state index is -0.790. The van der Waals surface area contributed by atoms with E-state index in [1.165, 1.54) is 0 Å². The fourth-order valence-electron chi connectivity index (χ4n) is 4.81. The largest absolute Gasteiger partial charge is 0.465 e. The highest BCUT2D eigenvalue weighted by Crippen LogP contribution is 2.41. The number of amides is 2. The second-order valence-corrected chi connectivity index (χ2v) is 8.30. The maximum atomic E-state index is 12.2. The summed E-state index contributed by atoms with van der Waals surface area (Å²) in [5.41, 5.74) is 1.77. The van der Waals surface area contributed by atoms with Crippen LogP contribution in [0.15, 0.2) is 18.3 Å². The molecule has 4 rings (SSSR count). The van der Waals surface area contributed by atoms with Crippen LogP contribution in [0.3, 0.4) is 0 Å². The lowest BCUT2D eigenvalue weighted by atomic mass is 9.95. The van der Waals surface area contributed by atoms with E-state index in [4.69, 9.17) is 0 Å². The molecule has 3 N–H and O–H groups in total. The van der Waals surface area contributed by atoms with Crippen molar-refractivity contribution >= 4 is 17.8 Å². The molecule has 29 heavy (non-hydrogen) atoms. The van der Waals surface area contributed by atoms with Crippen LogP contribution in [-0.4, -0.2) is 54.6 Å². The van der Waals surface area contributed by atoms with Gasteiger partial charge in [0.05, 0.1) is 12.1 Å². The van der Waals surface area contributed by atoms with Crippen molar-refractivity contribution in [2.45, 2.75) is 56.9 Å². The zero-order valence-electron chi connectivity index (χ0n) is 16.7. The monoisotopic (exact) mass is 400 g/mol. The molecule has 156 valence electrons. The fraction of sp³-hybridized carbons (Fsp3) is 0.600. The molecule has 3 atom stereocenters. The zero-order chi connectivity index (χ0) is 20.4. The summed E-state index contributed by atoms with van der Waals surface area (Å²) in [6.07, 6.45) is 7.34. The van der Waals surface area contributed by atoms with Crippen LogP contribution in [-0.2, 0) is 18.3 Å². The molecule has 0 bridgehead atoms. The topological polar surface area (TPSA) is 116 Å². The molecular weight excluding hydrogens is 372 g/mol. The summed E-state index contributed by atoms with van der Waals surface area (Å²) in [5.74, 6) is 1.32. The van der Waals surface area contributed by atoms with Gasteiger partial charge in [-0.15, -0.1) is 0 Å². The average Bonchev–Trinajstić information content (AvgIpc) is 3.43. The predicted molar refractivity (Wildman–Crippen MR) is 107 cm³/mol. The van der Waals surface area contributed by atoms with Gasteiger partial charge in [-0.3, -0.25) is 14.6 Å². The van der Waals surface area contributed by atoms with Crippen LogP contribution in [0, 0.1) is 5.92 Å². The summed E-state index contributed by atoms with van der Waals surface area (Å²) in [4.78, 5) is 25.1. The van der Waals surface area contributed by atoms with Crippen molar-refractivity contribution in [1.29, 1.82) is 0 Å². The summed E-state index contributed by atoms with van der Waals surface area (Å²) in [5, 5.41) is 23.7. The van der Waals surface area contributed by atoms with E-state index < -0.39 is 6.09 Å². The molecule has 2 aromatic heterocycles. The van der Waals surface area contributed by atoms with Crippen LogP contribution in [0.1, 0.15) is 55.8 Å². The van der Waals surface area contributed by atoms with Gasteiger partial charge in [0.15, 0.2) is 5.82 Å². The van der Waals surface area contributed by atoms with Gasteiger partial charge in [-0.05, 0) is 50.5 Å². The number of hydrogen-bond acceptors (Lipinski definition) is 4. The first-order chi connectivity index (χ1) is 14.0. The predicted octanol–water partition coefficient (Wildman–Crippen LogP) is 2.74. The summed E-state index contributed by atoms with van der Waals surface area (Å²) in [6, 6.07) is 3.91. The number of hydrogen-bond donors (Lipinski definition) is 3. The van der Waals surface area contributed by atoms with Gasteiger partial charge in [0, 0.05) is 43.5 Å². The van der Waals surface area contributed by atoms with E-state index in [0.717, 1.165) is 49.9 Å². The Morgan fingerprint density at radius 3 is 2.97 bits per heavy atom. The number of carbonyl (C=O) groups excluding carboxylic acids is 1. The van der Waals surface area contributed by atoms with Gasteiger partial charge in [-0.25, -0.2) is 4.79 Å². The van der Waals surface area contributed by atoms with Crippen molar-refractivity contribution in [3.8, 4) is 0 Å². The second kappa shape index (κ2) is 8.26. The van der Waals surface area contributed by atoms with Crippen LogP contribution >= 0.6 is 0 Å². The third kappa shape index (κ3) is 4.60. The quantitative estimate of drug-likeness (QED) is 0.689. The van der Waals surface area contributed by atoms with Crippen LogP contribution in [0.5, 0.6) is 0 Å². The average molecular weight is 400 g/mol. The van der Waals surface area contributed by atoms with Crippen molar-refractivity contribution in [3.05, 3.63) is 29.7 Å². The molecule has 1 saturated heterocycles. The van der Waals surface area contributed by atoms with Gasteiger partial charge in [0.1, 0.15) is 0 Å². The highest BCUT2D eigenvalue weighted by atomic mass is 16.4. The van der Waals surface area contributed by atoms with Gasteiger partial charge >= 0.3 is 6.09 Å². The third-order valence-electron chi connectivity index (χ3n) is 6.18. The number of aryl methyl sites for hydroxylation is 1. The molecule has 9 nitrogen and oxygen atoms in total. The number of carboxylic acid groups (broad SMARTS) is 1. The third-order valence-corrected chi connectivity index (χ3v) is 6.18. The first kappa shape index (κ1) is 19.5. The number of aromatic nitrogens is 4. The zero-order valence-corrected chi connectivity index (χ0v) is 16.7. The van der Waals surface area contributed by atoms with E-state index >= 15 is 0 Å². The molecule has 2 aromatic rings. The number of rotatable bonds is 6. The number of carbonyl (C=O) groups is 2. The molecule has 0 spiro atoms. The minimum Gasteiger partial charge on any atom is -0.465 e. The lowest BCUT2D eigenvalue weighted by Crippen LogP contribution is -2.35. The summed E-state index contributed by atoms with van der Waals surface area (Å²) >= 11 is 0. The molecule has 2 fully saturated rings. The Morgan fingerprint density at radius 1 is 1.34 bits per heavy atom. The molecule has 0 radical (unpaired) electrons. The van der Waals surface area contributed by atoms with Crippen molar-refractivity contribution in [3.63, 3.8) is 0 Å². The molecular formula is C20H28N6O3. The summed E-state index contributed by atoms with van der Waals surface area (Å²) in [7, 11) is 1.82. The molecule has 2 unspecified atom stereocenters. The molecule has 2 amide bonds. The summed E-state index contributed by atoms with van der Waals surface area (Å²) < 4.78 is 1.67. The molecule has 1 saturated carbocycles. The van der Waals surface area contributed by atoms with E-state index in [1.807, 2.05) is 25.4 Å². The fourth-order valence-corrected chi connectivity index (χ4v) is 4.81. The number of nitrogens with one attached hydrogen (secondary N) is 2. The van der Waals surface area contributed by atoms with Gasteiger partial charge in [0.25, 0.3) is 0 Å². The van der Waals surface area contributed by atoms with Crippen molar-refractivity contribution in [1.82, 2.24) is 24.9 Å². The number of nitrogens with zero attached hydrogens (tertiary/aromatic N) is 4. The number of likely N-dealkylation sites (tertiary alicyclic amines) is 1. The molecule has 9 heteroatoms. The Hall–Kier alpha value is -2.84. The standard InChI is InChI=1S/C20H28N6O3/c1-25-8-6-15(24-25)11-19(27)21-18-12-17(22-23-18)14-5-4-13(9-14)10-16-3-2-7-26(16)20(28)29/h6,8,12-14,16H,2-5,7,9-11H2,1H3,(H,28,29)(H2,21,22,23,27)/t13?,14?,16-/m0/s1. The Kier molecular flexibility index (Phi) is 5.55. The van der Waals surface area contributed by atoms with Crippen LogP contribution in [0.25, 0.3) is 0 Å². The Labute approximate surface area is 169 Å². The van der Waals surface area contributed by atoms with Crippen molar-refractivity contribution in [2.24, 2.45) is 13.0 Å². The SMILES string of the molecule is Cn1ccc(CC(=O)Nc2cc(C3CCC(C[C@@H]4CCCN4C(=O)O)C3)[nH]n2)n1. The number of H-pyrrole nitrogens is 1. The van der Waals surface area contributed by atoms with Gasteiger partial charge in [-0.1, -0.05) is 0 Å². The Bertz CT molecular complexity index is 875. The summed E-state index contributed by atoms with van der Waals surface area (Å²) in [6.45, 7) is 0.665. The van der Waals surface area contributed by atoms with Crippen LogP contribution < -0.4 is 5.32 Å². The van der Waals surface area contributed by atoms with E-state index in [1.54, 1.807) is 9.58 Å². The van der Waals surface area contributed by atoms with Crippen molar-refractivity contribution < 1.29 is 14.7 Å². The first-order valence-electron chi connectivity index (χ1n) is 10.3. The van der Waals surface area contributed by atoms with E-state index in [2.05, 4.69) is 20.6 Å². The maximum Gasteiger partial charge on any atom is 0.407 e. The van der Waals surface area contributed by atoms with Gasteiger partial charge < -0.3 is 15.3 Å². The lowest BCUT2D eigenvalue weighted by Gasteiger charge is -2.24. The number of aromatic amines is 1. The maximum absolute atomic E-state index is 12.2. The van der Waals surface area contributed by atoms with E-state index in [9.17, 15) is 14.7 Å². The number of anilines is 1. The molecule has 1 aliphatic carbocycles. The normalized spacial score (nSPS) is 24.2. The highest BCUT2D eigenvalue weighted by Gasteiger charge is 2.34. The van der Waals surface area contributed by atoms with Gasteiger partial charge in [0.2, 0.25) is 5.91 Å². The van der Waals surface area contributed by atoms with Crippen molar-refractivity contribution in [2.75, 3.05) is 11.9 Å². The second-order valence-electron chi connectivity index (χ2n) is 8.30. The van der Waals surface area contributed by atoms with Gasteiger partial charge in [-0.2, -0.15) is 10.2 Å². The molecule has 1 aliphatic heterocycles. The smallest absolute Gasteiger partial charge is 0.407 e. The first-order valence-corrected chi connectivity index (χ1v) is 10.3.